The molecule has 1 aromatic rings. The van der Waals surface area contributed by atoms with Gasteiger partial charge in [0.1, 0.15) is 5.82 Å². The van der Waals surface area contributed by atoms with Crippen molar-refractivity contribution in [3.63, 3.8) is 0 Å². The first-order valence-corrected chi connectivity index (χ1v) is 6.38. The fourth-order valence-electron chi connectivity index (χ4n) is 1.26. The standard InChI is InChI=1S/C11H21N5S/c1-7(8(12)13)6-16(5)10-14-9(15-17-10)11(2,3)4/h7H,6H2,1-5H3,(H3,12,13). The van der Waals surface area contributed by atoms with Crippen molar-refractivity contribution in [1.82, 2.24) is 9.36 Å². The van der Waals surface area contributed by atoms with Crippen LogP contribution in [-0.4, -0.2) is 28.8 Å². The summed E-state index contributed by atoms with van der Waals surface area (Å²) in [7, 11) is 1.95. The largest absolute Gasteiger partial charge is 0.387 e. The first-order chi connectivity index (χ1) is 7.71. The van der Waals surface area contributed by atoms with Crippen LogP contribution in [0.5, 0.6) is 0 Å². The highest BCUT2D eigenvalue weighted by atomic mass is 32.1. The number of hydrogen-bond donors (Lipinski definition) is 2. The molecule has 1 heterocycles. The van der Waals surface area contributed by atoms with Crippen LogP contribution >= 0.6 is 11.5 Å². The smallest absolute Gasteiger partial charge is 0.204 e. The van der Waals surface area contributed by atoms with Gasteiger partial charge in [-0.2, -0.15) is 4.37 Å². The van der Waals surface area contributed by atoms with E-state index in [0.717, 1.165) is 11.0 Å². The average molecular weight is 255 g/mol. The summed E-state index contributed by atoms with van der Waals surface area (Å²) in [6.07, 6.45) is 0. The third-order valence-corrected chi connectivity index (χ3v) is 3.32. The highest BCUT2D eigenvalue weighted by Gasteiger charge is 2.21. The van der Waals surface area contributed by atoms with Gasteiger partial charge in [-0.05, 0) is 0 Å². The molecule has 3 N–H and O–H groups in total. The average Bonchev–Trinajstić information content (AvgIpc) is 2.65. The third-order valence-electron chi connectivity index (χ3n) is 2.49. The number of nitrogens with two attached hydrogens (primary N) is 1. The monoisotopic (exact) mass is 255 g/mol. The molecule has 0 radical (unpaired) electrons. The maximum absolute atomic E-state index is 7.38. The van der Waals surface area contributed by atoms with Crippen molar-refractivity contribution >= 4 is 22.5 Å². The second-order valence-electron chi connectivity index (χ2n) is 5.39. The van der Waals surface area contributed by atoms with E-state index in [9.17, 15) is 0 Å². The topological polar surface area (TPSA) is 78.9 Å². The molecule has 0 saturated carbocycles. The van der Waals surface area contributed by atoms with Crippen LogP contribution in [0.15, 0.2) is 0 Å². The summed E-state index contributed by atoms with van der Waals surface area (Å²) in [6.45, 7) is 8.91. The molecule has 0 amide bonds. The molecule has 1 unspecified atom stereocenters. The van der Waals surface area contributed by atoms with Crippen LogP contribution in [0.1, 0.15) is 33.5 Å². The summed E-state index contributed by atoms with van der Waals surface area (Å²) in [4.78, 5) is 6.51. The highest BCUT2D eigenvalue weighted by Crippen LogP contribution is 2.24. The summed E-state index contributed by atoms with van der Waals surface area (Å²) < 4.78 is 4.36. The Hall–Kier alpha value is -1.17. The van der Waals surface area contributed by atoms with Crippen molar-refractivity contribution in [1.29, 1.82) is 5.41 Å². The van der Waals surface area contributed by atoms with Gasteiger partial charge >= 0.3 is 0 Å². The molecule has 0 fully saturated rings. The maximum Gasteiger partial charge on any atom is 0.204 e. The Morgan fingerprint density at radius 1 is 1.53 bits per heavy atom. The zero-order chi connectivity index (χ0) is 13.2. The lowest BCUT2D eigenvalue weighted by Gasteiger charge is -2.19. The Morgan fingerprint density at radius 2 is 2.12 bits per heavy atom. The van der Waals surface area contributed by atoms with Crippen LogP contribution in [-0.2, 0) is 5.41 Å². The van der Waals surface area contributed by atoms with E-state index in [1.54, 1.807) is 0 Å². The van der Waals surface area contributed by atoms with Crippen molar-refractivity contribution in [2.24, 2.45) is 11.7 Å². The highest BCUT2D eigenvalue weighted by molar-refractivity contribution is 7.09. The van der Waals surface area contributed by atoms with Gasteiger partial charge in [0, 0.05) is 36.5 Å². The van der Waals surface area contributed by atoms with Gasteiger partial charge in [0.2, 0.25) is 5.13 Å². The lowest BCUT2D eigenvalue weighted by Crippen LogP contribution is -2.32. The van der Waals surface area contributed by atoms with E-state index in [4.69, 9.17) is 11.1 Å². The number of nitrogens with zero attached hydrogens (tertiary/aromatic N) is 3. The van der Waals surface area contributed by atoms with Gasteiger partial charge in [-0.3, -0.25) is 5.41 Å². The number of anilines is 1. The van der Waals surface area contributed by atoms with Gasteiger partial charge in [-0.15, -0.1) is 0 Å². The van der Waals surface area contributed by atoms with E-state index in [-0.39, 0.29) is 17.2 Å². The van der Waals surface area contributed by atoms with Gasteiger partial charge < -0.3 is 10.6 Å². The van der Waals surface area contributed by atoms with E-state index in [0.29, 0.717) is 6.54 Å². The van der Waals surface area contributed by atoms with Crippen molar-refractivity contribution < 1.29 is 0 Å². The summed E-state index contributed by atoms with van der Waals surface area (Å²) >= 11 is 1.39. The molecule has 0 bridgehead atoms. The van der Waals surface area contributed by atoms with Crippen LogP contribution in [0, 0.1) is 11.3 Å². The van der Waals surface area contributed by atoms with Crippen molar-refractivity contribution in [2.45, 2.75) is 33.1 Å². The molecule has 0 aromatic carbocycles. The number of nitrogens with one attached hydrogen (secondary N) is 1. The molecule has 0 aliphatic rings. The normalized spacial score (nSPS) is 13.5. The van der Waals surface area contributed by atoms with E-state index in [1.165, 1.54) is 11.5 Å². The number of rotatable bonds is 4. The third kappa shape index (κ3) is 3.66. The Labute approximate surface area is 107 Å². The quantitative estimate of drug-likeness (QED) is 0.635. The van der Waals surface area contributed by atoms with Crippen LogP contribution in [0.25, 0.3) is 0 Å². The van der Waals surface area contributed by atoms with Gasteiger partial charge in [-0.25, -0.2) is 4.98 Å². The molecule has 1 aromatic heterocycles. The van der Waals surface area contributed by atoms with E-state index < -0.39 is 0 Å². The van der Waals surface area contributed by atoms with Gasteiger partial charge in [0.25, 0.3) is 0 Å². The molecule has 96 valence electrons. The van der Waals surface area contributed by atoms with Crippen molar-refractivity contribution in [2.75, 3.05) is 18.5 Å². The van der Waals surface area contributed by atoms with Crippen LogP contribution in [0.4, 0.5) is 5.13 Å². The summed E-state index contributed by atoms with van der Waals surface area (Å²) in [5, 5.41) is 8.26. The zero-order valence-electron chi connectivity index (χ0n) is 11.1. The SMILES string of the molecule is CC(CN(C)c1nc(C(C)(C)C)ns1)C(=N)N. The predicted molar refractivity (Wildman–Crippen MR) is 73.0 cm³/mol. The zero-order valence-corrected chi connectivity index (χ0v) is 11.9. The Kier molecular flexibility index (Phi) is 4.08. The van der Waals surface area contributed by atoms with E-state index in [1.807, 2.05) is 18.9 Å². The number of hydrogen-bond acceptors (Lipinski definition) is 5. The first-order valence-electron chi connectivity index (χ1n) is 5.61. The van der Waals surface area contributed by atoms with Crippen molar-refractivity contribution in [3.05, 3.63) is 5.82 Å². The minimum absolute atomic E-state index is 0.0260. The molecule has 1 atom stereocenters. The van der Waals surface area contributed by atoms with Gasteiger partial charge in [-0.1, -0.05) is 27.7 Å². The lowest BCUT2D eigenvalue weighted by atomic mass is 9.96. The minimum atomic E-state index is -0.0260. The number of aromatic nitrogens is 2. The second-order valence-corrected chi connectivity index (χ2v) is 6.12. The molecule has 0 saturated heterocycles. The molecular weight excluding hydrogens is 234 g/mol. The van der Waals surface area contributed by atoms with Crippen LogP contribution in [0.2, 0.25) is 0 Å². The summed E-state index contributed by atoms with van der Waals surface area (Å²) in [6, 6.07) is 0. The Balaban J connectivity index is 2.74. The molecular formula is C11H21N5S. The Bertz CT molecular complexity index is 393. The second kappa shape index (κ2) is 5.00. The number of amidine groups is 1. The molecule has 5 nitrogen and oxygen atoms in total. The van der Waals surface area contributed by atoms with E-state index in [2.05, 4.69) is 30.1 Å². The first kappa shape index (κ1) is 13.9. The molecule has 1 rings (SSSR count). The van der Waals surface area contributed by atoms with Crippen molar-refractivity contribution in [3.8, 4) is 0 Å². The predicted octanol–water partition coefficient (Wildman–Crippen LogP) is 1.84. The molecule has 0 aliphatic heterocycles. The minimum Gasteiger partial charge on any atom is -0.387 e. The fraction of sp³-hybridized carbons (Fsp3) is 0.727. The molecule has 0 spiro atoms. The Morgan fingerprint density at radius 3 is 2.53 bits per heavy atom. The summed E-state index contributed by atoms with van der Waals surface area (Å²) in [5.74, 6) is 1.10. The molecule has 17 heavy (non-hydrogen) atoms. The van der Waals surface area contributed by atoms with Crippen LogP contribution < -0.4 is 10.6 Å². The van der Waals surface area contributed by atoms with Crippen LogP contribution in [0.3, 0.4) is 0 Å². The maximum atomic E-state index is 7.38. The van der Waals surface area contributed by atoms with Gasteiger partial charge in [0.15, 0.2) is 0 Å². The van der Waals surface area contributed by atoms with E-state index >= 15 is 0 Å². The summed E-state index contributed by atoms with van der Waals surface area (Å²) in [5.41, 5.74) is 5.43. The fourth-order valence-corrected chi connectivity index (χ4v) is 2.09. The lowest BCUT2D eigenvalue weighted by molar-refractivity contribution is 0.554. The molecule has 0 aliphatic carbocycles. The van der Waals surface area contributed by atoms with Gasteiger partial charge in [0.05, 0.1) is 5.84 Å². The molecule has 6 heteroatoms.